The Bertz CT molecular complexity index is 602. The zero-order valence-electron chi connectivity index (χ0n) is 11.3. The normalized spacial score (nSPS) is 16.7. The number of nitrogen functional groups attached to an aromatic ring is 1. The third kappa shape index (κ3) is 2.43. The van der Waals surface area contributed by atoms with Crippen LogP contribution in [0.3, 0.4) is 0 Å². The topological polar surface area (TPSA) is 89.9 Å². The number of amides is 1. The first-order valence-electron chi connectivity index (χ1n) is 6.88. The highest BCUT2D eigenvalue weighted by atomic mass is 16.1. The van der Waals surface area contributed by atoms with E-state index < -0.39 is 0 Å². The number of imidazole rings is 1. The molecule has 0 spiro atoms. The van der Waals surface area contributed by atoms with Gasteiger partial charge in [-0.3, -0.25) is 4.79 Å². The van der Waals surface area contributed by atoms with Gasteiger partial charge in [-0.25, -0.2) is 15.0 Å². The van der Waals surface area contributed by atoms with Gasteiger partial charge in [-0.05, 0) is 25.2 Å². The van der Waals surface area contributed by atoms with Gasteiger partial charge >= 0.3 is 0 Å². The van der Waals surface area contributed by atoms with Crippen molar-refractivity contribution in [1.82, 2.24) is 24.4 Å². The molecule has 2 aromatic heterocycles. The van der Waals surface area contributed by atoms with E-state index in [9.17, 15) is 4.79 Å². The van der Waals surface area contributed by atoms with Crippen molar-refractivity contribution >= 4 is 23.4 Å². The Labute approximate surface area is 116 Å². The lowest BCUT2D eigenvalue weighted by Gasteiger charge is -2.29. The number of likely N-dealkylation sites (tertiary alicyclic amines) is 1. The molecule has 7 heteroatoms. The lowest BCUT2D eigenvalue weighted by Crippen LogP contribution is -2.32. The number of nitrogens with two attached hydrogens (primary N) is 1. The Morgan fingerprint density at radius 2 is 2.10 bits per heavy atom. The SMILES string of the molecule is Nc1ncnc2c1ncn2CCC1CCN(C=O)CC1. The minimum atomic E-state index is 0.424. The van der Waals surface area contributed by atoms with Gasteiger partial charge in [-0.2, -0.15) is 0 Å². The van der Waals surface area contributed by atoms with Crippen LogP contribution < -0.4 is 5.73 Å². The summed E-state index contributed by atoms with van der Waals surface area (Å²) < 4.78 is 2.03. The van der Waals surface area contributed by atoms with Crippen molar-refractivity contribution in [3.63, 3.8) is 0 Å². The van der Waals surface area contributed by atoms with Crippen LogP contribution >= 0.6 is 0 Å². The van der Waals surface area contributed by atoms with Crippen molar-refractivity contribution in [2.75, 3.05) is 18.8 Å². The third-order valence-corrected chi connectivity index (χ3v) is 4.01. The summed E-state index contributed by atoms with van der Waals surface area (Å²) >= 11 is 0. The number of aromatic nitrogens is 4. The number of fused-ring (bicyclic) bond motifs is 1. The van der Waals surface area contributed by atoms with Crippen LogP contribution in [0.4, 0.5) is 5.82 Å². The molecule has 0 unspecified atom stereocenters. The van der Waals surface area contributed by atoms with Gasteiger partial charge in [0, 0.05) is 19.6 Å². The maximum absolute atomic E-state index is 10.7. The van der Waals surface area contributed by atoms with Gasteiger partial charge in [-0.15, -0.1) is 0 Å². The molecule has 0 radical (unpaired) electrons. The van der Waals surface area contributed by atoms with E-state index in [0.717, 1.165) is 51.0 Å². The fourth-order valence-electron chi connectivity index (χ4n) is 2.73. The van der Waals surface area contributed by atoms with Gasteiger partial charge in [0.1, 0.15) is 11.8 Å². The standard InChI is InChI=1S/C13H18N6O/c14-12-11-13(16-7-15-12)19(8-17-11)6-3-10-1-4-18(9-20)5-2-10/h7-10H,1-6H2,(H2,14,15,16). The molecule has 106 valence electrons. The van der Waals surface area contributed by atoms with Crippen LogP contribution in [0.25, 0.3) is 11.2 Å². The number of carbonyl (C=O) groups is 1. The molecule has 1 aliphatic rings. The molecule has 0 atom stereocenters. The van der Waals surface area contributed by atoms with Crippen LogP contribution in [0.1, 0.15) is 19.3 Å². The molecule has 1 aliphatic heterocycles. The van der Waals surface area contributed by atoms with Crippen molar-refractivity contribution in [1.29, 1.82) is 0 Å². The zero-order chi connectivity index (χ0) is 13.9. The number of anilines is 1. The fraction of sp³-hybridized carbons (Fsp3) is 0.538. The summed E-state index contributed by atoms with van der Waals surface area (Å²) in [5.41, 5.74) is 7.24. The van der Waals surface area contributed by atoms with E-state index in [1.807, 2.05) is 9.47 Å². The van der Waals surface area contributed by atoms with Crippen LogP contribution in [0.2, 0.25) is 0 Å². The molecule has 1 amide bonds. The summed E-state index contributed by atoms with van der Waals surface area (Å²) in [5.74, 6) is 1.08. The van der Waals surface area contributed by atoms with E-state index in [1.165, 1.54) is 6.33 Å². The first-order valence-corrected chi connectivity index (χ1v) is 6.88. The van der Waals surface area contributed by atoms with E-state index in [1.54, 1.807) is 6.33 Å². The van der Waals surface area contributed by atoms with Gasteiger partial charge in [0.25, 0.3) is 0 Å². The van der Waals surface area contributed by atoms with Gasteiger partial charge < -0.3 is 15.2 Å². The molecule has 1 fully saturated rings. The predicted octanol–water partition coefficient (Wildman–Crippen LogP) is 0.667. The maximum Gasteiger partial charge on any atom is 0.209 e. The molecule has 0 aromatic carbocycles. The Hall–Kier alpha value is -2.18. The van der Waals surface area contributed by atoms with Crippen molar-refractivity contribution in [2.24, 2.45) is 5.92 Å². The molecule has 3 rings (SSSR count). The zero-order valence-corrected chi connectivity index (χ0v) is 11.3. The minimum absolute atomic E-state index is 0.424. The Kier molecular flexibility index (Phi) is 3.49. The predicted molar refractivity (Wildman–Crippen MR) is 74.7 cm³/mol. The van der Waals surface area contributed by atoms with Crippen molar-refractivity contribution < 1.29 is 4.79 Å². The second-order valence-corrected chi connectivity index (χ2v) is 5.24. The van der Waals surface area contributed by atoms with Gasteiger partial charge in [0.15, 0.2) is 11.5 Å². The van der Waals surface area contributed by atoms with Crippen molar-refractivity contribution in [3.8, 4) is 0 Å². The summed E-state index contributed by atoms with van der Waals surface area (Å²) in [6, 6.07) is 0. The average Bonchev–Trinajstić information content (AvgIpc) is 2.90. The number of piperidine rings is 1. The lowest BCUT2D eigenvalue weighted by atomic mass is 9.94. The largest absolute Gasteiger partial charge is 0.382 e. The summed E-state index contributed by atoms with van der Waals surface area (Å²) in [6.07, 6.45) is 7.40. The molecular formula is C13H18N6O. The Morgan fingerprint density at radius 1 is 1.30 bits per heavy atom. The number of aryl methyl sites for hydroxylation is 1. The highest BCUT2D eigenvalue weighted by Gasteiger charge is 2.18. The second kappa shape index (κ2) is 5.44. The van der Waals surface area contributed by atoms with E-state index >= 15 is 0 Å². The molecular weight excluding hydrogens is 256 g/mol. The van der Waals surface area contributed by atoms with Crippen molar-refractivity contribution in [2.45, 2.75) is 25.8 Å². The smallest absolute Gasteiger partial charge is 0.209 e. The van der Waals surface area contributed by atoms with Gasteiger partial charge in [0.2, 0.25) is 6.41 Å². The molecule has 0 aliphatic carbocycles. The van der Waals surface area contributed by atoms with E-state index in [4.69, 9.17) is 5.73 Å². The first-order chi connectivity index (χ1) is 9.78. The summed E-state index contributed by atoms with van der Waals surface area (Å²) in [6.45, 7) is 2.61. The monoisotopic (exact) mass is 274 g/mol. The highest BCUT2D eigenvalue weighted by Crippen LogP contribution is 2.22. The van der Waals surface area contributed by atoms with Crippen LogP contribution in [-0.2, 0) is 11.3 Å². The van der Waals surface area contributed by atoms with E-state index in [0.29, 0.717) is 17.3 Å². The van der Waals surface area contributed by atoms with E-state index in [2.05, 4.69) is 15.0 Å². The molecule has 1 saturated heterocycles. The summed E-state index contributed by atoms with van der Waals surface area (Å²) in [4.78, 5) is 25.0. The van der Waals surface area contributed by atoms with Crippen LogP contribution in [0.15, 0.2) is 12.7 Å². The molecule has 20 heavy (non-hydrogen) atoms. The Balaban J connectivity index is 1.63. The minimum Gasteiger partial charge on any atom is -0.382 e. The molecule has 2 aromatic rings. The van der Waals surface area contributed by atoms with Crippen molar-refractivity contribution in [3.05, 3.63) is 12.7 Å². The maximum atomic E-state index is 10.7. The van der Waals surface area contributed by atoms with Gasteiger partial charge in [-0.1, -0.05) is 0 Å². The van der Waals surface area contributed by atoms with E-state index in [-0.39, 0.29) is 0 Å². The number of hydrogen-bond acceptors (Lipinski definition) is 5. The number of nitrogens with zero attached hydrogens (tertiary/aromatic N) is 5. The quantitative estimate of drug-likeness (QED) is 0.827. The van der Waals surface area contributed by atoms with Gasteiger partial charge in [0.05, 0.1) is 6.33 Å². The summed E-state index contributed by atoms with van der Waals surface area (Å²) in [7, 11) is 0. The Morgan fingerprint density at radius 3 is 2.85 bits per heavy atom. The number of hydrogen-bond donors (Lipinski definition) is 1. The molecule has 2 N–H and O–H groups in total. The lowest BCUT2D eigenvalue weighted by molar-refractivity contribution is -0.119. The highest BCUT2D eigenvalue weighted by molar-refractivity contribution is 5.80. The number of carbonyl (C=O) groups excluding carboxylic acids is 1. The molecule has 0 bridgehead atoms. The van der Waals surface area contributed by atoms with Crippen LogP contribution in [0, 0.1) is 5.92 Å². The number of rotatable bonds is 4. The van der Waals surface area contributed by atoms with Crippen LogP contribution in [0.5, 0.6) is 0 Å². The third-order valence-electron chi connectivity index (χ3n) is 4.01. The molecule has 7 nitrogen and oxygen atoms in total. The summed E-state index contributed by atoms with van der Waals surface area (Å²) in [5, 5.41) is 0. The first kappa shape index (κ1) is 12.8. The second-order valence-electron chi connectivity index (χ2n) is 5.24. The molecule has 0 saturated carbocycles. The molecule has 3 heterocycles. The average molecular weight is 274 g/mol. The fourth-order valence-corrected chi connectivity index (χ4v) is 2.73. The van der Waals surface area contributed by atoms with Crippen LogP contribution in [-0.4, -0.2) is 43.9 Å².